The van der Waals surface area contributed by atoms with Crippen molar-refractivity contribution < 1.29 is 4.42 Å². The SMILES string of the molecule is CC(C)(C)c1ccc(N(c2ccc([Si](C)(C)C)cc2)c2ccc3c(c2)C(c2ccccc2)(c2ccccc2)c2cc(N(c4ccc(C(C)(C)C)cc4)c4ccc([Si](C)(C)C)cc4)c4c(oc5ccncc54)c2-3)cc1. The van der Waals surface area contributed by atoms with Gasteiger partial charge in [-0.3, -0.25) is 4.98 Å². The highest BCUT2D eigenvalue weighted by molar-refractivity contribution is 6.89. The normalized spacial score (nSPS) is 13.5. The molecule has 0 atom stereocenters. The molecule has 10 aromatic rings. The van der Waals surface area contributed by atoms with Crippen LogP contribution in [0.15, 0.2) is 205 Å². The van der Waals surface area contributed by atoms with Crippen molar-refractivity contribution in [2.24, 2.45) is 0 Å². The van der Waals surface area contributed by atoms with Crippen LogP contribution in [0.3, 0.4) is 0 Å². The van der Waals surface area contributed by atoms with Gasteiger partial charge in [0.25, 0.3) is 0 Å². The molecule has 370 valence electrons. The standard InChI is InChI=1S/C68H69N3OSi2/c1-66(2,3)46-23-27-50(28-24-46)70(51-31-36-55(37-32-51)73(7,8)9)54-35-40-57-59(43-54)68(48-19-15-13-16-20-48,49-21-17-14-18-22-49)60-44-61(64-58-45-69-42-41-62(58)72-65(64)63(57)60)71(52-29-25-47(26-30-52)67(4,5)6)53-33-38-56(39-34-53)74(10,11)12/h13-45H,1-12H3. The maximum Gasteiger partial charge on any atom is 0.145 e. The Kier molecular flexibility index (Phi) is 11.9. The Morgan fingerprint density at radius 2 is 0.905 bits per heavy atom. The Bertz CT molecular complexity index is 3510. The molecule has 0 saturated heterocycles. The monoisotopic (exact) mass is 999 g/mol. The predicted octanol–water partition coefficient (Wildman–Crippen LogP) is 18.0. The summed E-state index contributed by atoms with van der Waals surface area (Å²) in [4.78, 5) is 9.68. The summed E-state index contributed by atoms with van der Waals surface area (Å²) in [6.07, 6.45) is 3.84. The summed E-state index contributed by atoms with van der Waals surface area (Å²) < 4.78 is 7.33. The summed E-state index contributed by atoms with van der Waals surface area (Å²) in [6.45, 7) is 28.2. The van der Waals surface area contributed by atoms with Crippen LogP contribution in [0.5, 0.6) is 0 Å². The Morgan fingerprint density at radius 1 is 0.459 bits per heavy atom. The molecule has 1 aliphatic carbocycles. The molecule has 74 heavy (non-hydrogen) atoms. The zero-order chi connectivity index (χ0) is 52.0. The lowest BCUT2D eigenvalue weighted by Crippen LogP contribution is -2.37. The molecule has 1 aliphatic rings. The van der Waals surface area contributed by atoms with Gasteiger partial charge in [-0.25, -0.2) is 0 Å². The number of hydrogen-bond donors (Lipinski definition) is 0. The van der Waals surface area contributed by atoms with Crippen LogP contribution >= 0.6 is 0 Å². The second-order valence-corrected chi connectivity index (χ2v) is 34.7. The van der Waals surface area contributed by atoms with Crippen molar-refractivity contribution >= 4 is 82.6 Å². The van der Waals surface area contributed by atoms with Gasteiger partial charge in [0.05, 0.1) is 32.6 Å². The molecule has 6 heteroatoms. The lowest BCUT2D eigenvalue weighted by Gasteiger charge is -2.36. The summed E-state index contributed by atoms with van der Waals surface area (Å²) in [6, 6.07) is 71.2. The van der Waals surface area contributed by atoms with E-state index in [0.717, 1.165) is 67.2 Å². The predicted molar refractivity (Wildman–Crippen MR) is 322 cm³/mol. The molecule has 8 aromatic carbocycles. The van der Waals surface area contributed by atoms with Gasteiger partial charge in [-0.2, -0.15) is 0 Å². The van der Waals surface area contributed by atoms with Crippen molar-refractivity contribution in [1.29, 1.82) is 0 Å². The van der Waals surface area contributed by atoms with E-state index < -0.39 is 21.6 Å². The number of anilines is 6. The van der Waals surface area contributed by atoms with Crippen LogP contribution in [0, 0.1) is 0 Å². The second-order valence-electron chi connectivity index (χ2n) is 24.6. The first-order chi connectivity index (χ1) is 35.2. The first-order valence-corrected chi connectivity index (χ1v) is 33.3. The number of hydrogen-bond acceptors (Lipinski definition) is 4. The van der Waals surface area contributed by atoms with E-state index >= 15 is 0 Å². The smallest absolute Gasteiger partial charge is 0.145 e. The fourth-order valence-corrected chi connectivity index (χ4v) is 13.7. The van der Waals surface area contributed by atoms with E-state index in [4.69, 9.17) is 9.40 Å². The van der Waals surface area contributed by atoms with Crippen molar-refractivity contribution in [1.82, 2.24) is 4.98 Å². The molecule has 0 unspecified atom stereocenters. The van der Waals surface area contributed by atoms with Gasteiger partial charge >= 0.3 is 0 Å². The molecular weight excluding hydrogens is 931 g/mol. The fraction of sp³-hybridized carbons (Fsp3) is 0.221. The molecule has 0 radical (unpaired) electrons. The zero-order valence-corrected chi connectivity index (χ0v) is 47.3. The average Bonchev–Trinajstić information content (AvgIpc) is 3.96. The number of aromatic nitrogens is 1. The second kappa shape index (κ2) is 18.0. The molecule has 0 aliphatic heterocycles. The topological polar surface area (TPSA) is 32.5 Å². The van der Waals surface area contributed by atoms with Crippen LogP contribution in [-0.2, 0) is 16.2 Å². The maximum absolute atomic E-state index is 7.33. The van der Waals surface area contributed by atoms with Crippen molar-refractivity contribution in [2.75, 3.05) is 9.80 Å². The van der Waals surface area contributed by atoms with Gasteiger partial charge in [0.15, 0.2) is 0 Å². The largest absolute Gasteiger partial charge is 0.455 e. The lowest BCUT2D eigenvalue weighted by molar-refractivity contribution is 0.590. The molecule has 4 nitrogen and oxygen atoms in total. The van der Waals surface area contributed by atoms with Gasteiger partial charge < -0.3 is 14.2 Å². The summed E-state index contributed by atoms with van der Waals surface area (Å²) in [5.41, 5.74) is 17.0. The Hall–Kier alpha value is -7.26. The van der Waals surface area contributed by atoms with Gasteiger partial charge in [-0.05, 0) is 123 Å². The molecule has 0 fully saturated rings. The first kappa shape index (κ1) is 49.0. The van der Waals surface area contributed by atoms with Gasteiger partial charge in [0, 0.05) is 51.8 Å². The van der Waals surface area contributed by atoms with Gasteiger partial charge in [-0.1, -0.05) is 206 Å². The molecule has 0 bridgehead atoms. The highest BCUT2D eigenvalue weighted by atomic mass is 28.3. The van der Waals surface area contributed by atoms with E-state index in [-0.39, 0.29) is 10.8 Å². The number of furan rings is 1. The van der Waals surface area contributed by atoms with Gasteiger partial charge in [0.1, 0.15) is 11.2 Å². The number of benzene rings is 8. The summed E-state index contributed by atoms with van der Waals surface area (Å²) >= 11 is 0. The third-order valence-electron chi connectivity index (χ3n) is 15.5. The lowest BCUT2D eigenvalue weighted by atomic mass is 9.67. The Morgan fingerprint density at radius 3 is 1.36 bits per heavy atom. The van der Waals surface area contributed by atoms with E-state index in [2.05, 4.69) is 273 Å². The van der Waals surface area contributed by atoms with Crippen LogP contribution in [0.1, 0.15) is 74.9 Å². The third kappa shape index (κ3) is 8.42. The van der Waals surface area contributed by atoms with E-state index in [1.807, 2.05) is 18.5 Å². The molecule has 0 amide bonds. The number of pyridine rings is 1. The van der Waals surface area contributed by atoms with Gasteiger partial charge in [-0.15, -0.1) is 0 Å². The third-order valence-corrected chi connectivity index (χ3v) is 19.6. The van der Waals surface area contributed by atoms with Crippen molar-refractivity contribution in [3.8, 4) is 11.1 Å². The first-order valence-electron chi connectivity index (χ1n) is 26.3. The van der Waals surface area contributed by atoms with Crippen LogP contribution in [0.2, 0.25) is 39.3 Å². The van der Waals surface area contributed by atoms with Gasteiger partial charge in [0.2, 0.25) is 0 Å². The van der Waals surface area contributed by atoms with E-state index in [1.165, 1.54) is 43.8 Å². The van der Waals surface area contributed by atoms with E-state index in [9.17, 15) is 0 Å². The molecular formula is C68H69N3OSi2. The van der Waals surface area contributed by atoms with Crippen molar-refractivity contribution in [3.05, 3.63) is 234 Å². The van der Waals surface area contributed by atoms with Crippen LogP contribution < -0.4 is 20.2 Å². The molecule has 2 aromatic heterocycles. The number of fused-ring (bicyclic) bond motifs is 7. The maximum atomic E-state index is 7.33. The highest BCUT2D eigenvalue weighted by Crippen LogP contribution is 2.61. The minimum atomic E-state index is -1.61. The quantitative estimate of drug-likeness (QED) is 0.128. The summed E-state index contributed by atoms with van der Waals surface area (Å²) in [5.74, 6) is 0. The van der Waals surface area contributed by atoms with Crippen molar-refractivity contribution in [3.63, 3.8) is 0 Å². The summed E-state index contributed by atoms with van der Waals surface area (Å²) in [7, 11) is -3.18. The minimum absolute atomic E-state index is 0.00586. The fourth-order valence-electron chi connectivity index (χ4n) is 11.3. The molecule has 11 rings (SSSR count). The zero-order valence-electron chi connectivity index (χ0n) is 45.3. The number of rotatable bonds is 10. The van der Waals surface area contributed by atoms with Crippen LogP contribution in [0.25, 0.3) is 33.1 Å². The highest BCUT2D eigenvalue weighted by Gasteiger charge is 2.49. The van der Waals surface area contributed by atoms with Crippen LogP contribution in [-0.4, -0.2) is 21.1 Å². The molecule has 0 saturated carbocycles. The summed E-state index contributed by atoms with van der Waals surface area (Å²) in [5, 5.41) is 4.88. The Labute approximate surface area is 441 Å². The molecule has 2 heterocycles. The number of nitrogens with zero attached hydrogens (tertiary/aromatic N) is 3. The average molecular weight is 1000 g/mol. The van der Waals surface area contributed by atoms with E-state index in [0.29, 0.717) is 0 Å². The minimum Gasteiger partial charge on any atom is -0.455 e. The van der Waals surface area contributed by atoms with E-state index in [1.54, 1.807) is 0 Å². The van der Waals surface area contributed by atoms with Crippen LogP contribution in [0.4, 0.5) is 34.1 Å². The Balaban J connectivity index is 1.25. The molecule has 0 N–H and O–H groups in total. The molecule has 0 spiro atoms. The van der Waals surface area contributed by atoms with Crippen molar-refractivity contribution in [2.45, 2.75) is 97.1 Å².